The molecule has 112 valence electrons. The van der Waals surface area contributed by atoms with Crippen molar-refractivity contribution in [3.8, 4) is 0 Å². The molecule has 0 heterocycles. The van der Waals surface area contributed by atoms with E-state index in [1.807, 2.05) is 13.0 Å². The smallest absolute Gasteiger partial charge is 0.288 e. The Morgan fingerprint density at radius 3 is 2.48 bits per heavy atom. The summed E-state index contributed by atoms with van der Waals surface area (Å²) < 4.78 is 38.7. The standard InChI is InChI=1S/C16H16F3NS/c1-10-7-8-12(9-13(10)17)11(2)20-14-5-3-4-6-15(14)21-16(18)19/h3-9,11,16,20H,1-2H3. The van der Waals surface area contributed by atoms with Gasteiger partial charge in [-0.1, -0.05) is 36.0 Å². The lowest BCUT2D eigenvalue weighted by atomic mass is 10.1. The Hall–Kier alpha value is -1.62. The zero-order valence-electron chi connectivity index (χ0n) is 11.7. The van der Waals surface area contributed by atoms with Crippen LogP contribution in [0, 0.1) is 12.7 Å². The molecule has 0 aliphatic carbocycles. The maximum absolute atomic E-state index is 13.6. The third-order valence-electron chi connectivity index (χ3n) is 3.17. The van der Waals surface area contributed by atoms with Gasteiger partial charge in [0.1, 0.15) is 5.82 Å². The molecule has 2 aromatic carbocycles. The summed E-state index contributed by atoms with van der Waals surface area (Å²) in [6.07, 6.45) is 0. The first-order chi connectivity index (χ1) is 9.97. The van der Waals surface area contributed by atoms with E-state index < -0.39 is 5.76 Å². The lowest BCUT2D eigenvalue weighted by Crippen LogP contribution is -2.08. The van der Waals surface area contributed by atoms with Crippen LogP contribution in [-0.4, -0.2) is 5.76 Å². The van der Waals surface area contributed by atoms with Crippen molar-refractivity contribution >= 4 is 17.4 Å². The van der Waals surface area contributed by atoms with Crippen molar-refractivity contribution in [3.63, 3.8) is 0 Å². The van der Waals surface area contributed by atoms with E-state index in [1.54, 1.807) is 37.3 Å². The van der Waals surface area contributed by atoms with E-state index in [4.69, 9.17) is 0 Å². The Morgan fingerprint density at radius 2 is 1.81 bits per heavy atom. The maximum Gasteiger partial charge on any atom is 0.288 e. The minimum Gasteiger partial charge on any atom is -0.378 e. The number of rotatable bonds is 5. The predicted octanol–water partition coefficient (Wildman–Crippen LogP) is 5.62. The highest BCUT2D eigenvalue weighted by atomic mass is 32.2. The molecule has 0 saturated carbocycles. The van der Waals surface area contributed by atoms with Crippen LogP contribution in [0.1, 0.15) is 24.1 Å². The number of nitrogens with one attached hydrogen (secondary N) is 1. The number of hydrogen-bond donors (Lipinski definition) is 1. The van der Waals surface area contributed by atoms with Gasteiger partial charge in [0.2, 0.25) is 0 Å². The third-order valence-corrected chi connectivity index (χ3v) is 3.96. The number of alkyl halides is 2. The molecule has 0 aliphatic rings. The van der Waals surface area contributed by atoms with Gasteiger partial charge in [-0.05, 0) is 43.2 Å². The number of hydrogen-bond acceptors (Lipinski definition) is 2. The van der Waals surface area contributed by atoms with Crippen LogP contribution in [0.5, 0.6) is 0 Å². The van der Waals surface area contributed by atoms with E-state index in [9.17, 15) is 13.2 Å². The SMILES string of the molecule is Cc1ccc(C(C)Nc2ccccc2SC(F)F)cc1F. The van der Waals surface area contributed by atoms with Gasteiger partial charge in [-0.3, -0.25) is 0 Å². The Morgan fingerprint density at radius 1 is 1.10 bits per heavy atom. The molecule has 0 aliphatic heterocycles. The van der Waals surface area contributed by atoms with Crippen molar-refractivity contribution in [1.29, 1.82) is 0 Å². The van der Waals surface area contributed by atoms with Gasteiger partial charge in [0, 0.05) is 16.6 Å². The monoisotopic (exact) mass is 311 g/mol. The highest BCUT2D eigenvalue weighted by Gasteiger charge is 2.13. The molecule has 1 nitrogen and oxygen atoms in total. The normalized spacial score (nSPS) is 12.5. The molecule has 2 aromatic rings. The molecule has 0 bridgehead atoms. The Balaban J connectivity index is 2.19. The summed E-state index contributed by atoms with van der Waals surface area (Å²) in [6.45, 7) is 3.57. The fourth-order valence-electron chi connectivity index (χ4n) is 1.98. The molecule has 0 saturated heterocycles. The third kappa shape index (κ3) is 4.17. The van der Waals surface area contributed by atoms with Crippen LogP contribution in [0.3, 0.4) is 0 Å². The topological polar surface area (TPSA) is 12.0 Å². The maximum atomic E-state index is 13.6. The minimum absolute atomic E-state index is 0.181. The fourth-order valence-corrected chi connectivity index (χ4v) is 2.58. The zero-order valence-corrected chi connectivity index (χ0v) is 12.6. The first-order valence-corrected chi connectivity index (χ1v) is 7.41. The number of anilines is 1. The van der Waals surface area contributed by atoms with Gasteiger partial charge in [-0.15, -0.1) is 0 Å². The Labute approximate surface area is 126 Å². The quantitative estimate of drug-likeness (QED) is 0.719. The van der Waals surface area contributed by atoms with Crippen LogP contribution in [0.4, 0.5) is 18.9 Å². The van der Waals surface area contributed by atoms with Crippen LogP contribution < -0.4 is 5.32 Å². The molecule has 5 heteroatoms. The summed E-state index contributed by atoms with van der Waals surface area (Å²) >= 11 is 0.498. The highest BCUT2D eigenvalue weighted by Crippen LogP contribution is 2.33. The van der Waals surface area contributed by atoms with E-state index in [2.05, 4.69) is 5.32 Å². The predicted molar refractivity (Wildman–Crippen MR) is 81.5 cm³/mol. The lowest BCUT2D eigenvalue weighted by Gasteiger charge is -2.18. The molecule has 0 spiro atoms. The van der Waals surface area contributed by atoms with Gasteiger partial charge in [0.25, 0.3) is 5.76 Å². The van der Waals surface area contributed by atoms with Crippen LogP contribution in [-0.2, 0) is 0 Å². The summed E-state index contributed by atoms with van der Waals surface area (Å²) in [5, 5.41) is 3.16. The molecule has 1 N–H and O–H groups in total. The molecule has 0 fully saturated rings. The van der Waals surface area contributed by atoms with E-state index in [0.29, 0.717) is 27.9 Å². The van der Waals surface area contributed by atoms with Gasteiger partial charge in [0.15, 0.2) is 0 Å². The van der Waals surface area contributed by atoms with Crippen molar-refractivity contribution in [3.05, 3.63) is 59.4 Å². The molecule has 1 atom stereocenters. The van der Waals surface area contributed by atoms with E-state index in [1.165, 1.54) is 6.07 Å². The van der Waals surface area contributed by atoms with Crippen LogP contribution in [0.25, 0.3) is 0 Å². The molecule has 1 unspecified atom stereocenters. The molecule has 0 radical (unpaired) electrons. The number of thioether (sulfide) groups is 1. The fraction of sp³-hybridized carbons (Fsp3) is 0.250. The molecule has 2 rings (SSSR count). The van der Waals surface area contributed by atoms with E-state index in [0.717, 1.165) is 5.56 Å². The van der Waals surface area contributed by atoms with Gasteiger partial charge in [0.05, 0.1) is 0 Å². The summed E-state index contributed by atoms with van der Waals surface area (Å²) in [5.74, 6) is -2.74. The van der Waals surface area contributed by atoms with Crippen molar-refractivity contribution in [2.24, 2.45) is 0 Å². The van der Waals surface area contributed by atoms with Crippen LogP contribution in [0.2, 0.25) is 0 Å². The zero-order chi connectivity index (χ0) is 15.4. The van der Waals surface area contributed by atoms with Gasteiger partial charge in [-0.25, -0.2) is 4.39 Å². The second-order valence-corrected chi connectivity index (χ2v) is 5.78. The van der Waals surface area contributed by atoms with E-state index >= 15 is 0 Å². The summed E-state index contributed by atoms with van der Waals surface area (Å²) in [5.41, 5.74) is 1.98. The second-order valence-electron chi connectivity index (χ2n) is 4.75. The molecular formula is C16H16F3NS. The van der Waals surface area contributed by atoms with Crippen molar-refractivity contribution in [1.82, 2.24) is 0 Å². The highest BCUT2D eigenvalue weighted by molar-refractivity contribution is 7.99. The van der Waals surface area contributed by atoms with Crippen LogP contribution >= 0.6 is 11.8 Å². The molecule has 0 aromatic heterocycles. The van der Waals surface area contributed by atoms with Gasteiger partial charge in [-0.2, -0.15) is 8.78 Å². The number of benzene rings is 2. The molecular weight excluding hydrogens is 295 g/mol. The summed E-state index contributed by atoms with van der Waals surface area (Å²) in [6, 6.07) is 11.7. The first kappa shape index (κ1) is 15.8. The van der Waals surface area contributed by atoms with Crippen molar-refractivity contribution < 1.29 is 13.2 Å². The van der Waals surface area contributed by atoms with E-state index in [-0.39, 0.29) is 11.9 Å². The second kappa shape index (κ2) is 6.89. The largest absolute Gasteiger partial charge is 0.378 e. The Bertz CT molecular complexity index is 616. The Kier molecular flexibility index (Phi) is 5.17. The summed E-state index contributed by atoms with van der Waals surface area (Å²) in [4.78, 5) is 0.479. The molecule has 0 amide bonds. The lowest BCUT2D eigenvalue weighted by molar-refractivity contribution is 0.252. The molecule has 21 heavy (non-hydrogen) atoms. The minimum atomic E-state index is -2.47. The van der Waals surface area contributed by atoms with Gasteiger partial charge >= 0.3 is 0 Å². The number of aryl methyl sites for hydroxylation is 1. The van der Waals surface area contributed by atoms with Gasteiger partial charge < -0.3 is 5.32 Å². The van der Waals surface area contributed by atoms with Crippen molar-refractivity contribution in [2.45, 2.75) is 30.5 Å². The number of halogens is 3. The average Bonchev–Trinajstić information content (AvgIpc) is 2.43. The summed E-state index contributed by atoms with van der Waals surface area (Å²) in [7, 11) is 0. The number of para-hydroxylation sites is 1. The van der Waals surface area contributed by atoms with Crippen molar-refractivity contribution in [2.75, 3.05) is 5.32 Å². The first-order valence-electron chi connectivity index (χ1n) is 6.54. The van der Waals surface area contributed by atoms with Crippen LogP contribution in [0.15, 0.2) is 47.4 Å². The average molecular weight is 311 g/mol.